The number of imidazole rings is 1. The van der Waals surface area contributed by atoms with Crippen LogP contribution < -0.4 is 4.90 Å². The van der Waals surface area contributed by atoms with Crippen LogP contribution in [-0.2, 0) is 0 Å². The number of nitrogens with zero attached hydrogens (tertiary/aromatic N) is 9. The highest BCUT2D eigenvalue weighted by molar-refractivity contribution is 5.92. The first-order valence-electron chi connectivity index (χ1n) is 10.0. The highest BCUT2D eigenvalue weighted by Gasteiger charge is 2.25. The van der Waals surface area contributed by atoms with Gasteiger partial charge in [0.05, 0.1) is 11.9 Å². The second-order valence-electron chi connectivity index (χ2n) is 7.21. The van der Waals surface area contributed by atoms with Gasteiger partial charge in [0, 0.05) is 44.6 Å². The number of carbonyl (C=O) groups is 1. The number of anilines is 1. The summed E-state index contributed by atoms with van der Waals surface area (Å²) in [6.45, 7) is 4.46. The van der Waals surface area contributed by atoms with Gasteiger partial charge in [-0.1, -0.05) is 18.2 Å². The molecule has 0 spiro atoms. The SMILES string of the molecule is Cc1nccn1-c1cc(N2CCN(C(=O)c3cnn(-c4ccccc4)n3)CC2)ncn1. The first kappa shape index (κ1) is 18.9. The first-order chi connectivity index (χ1) is 15.2. The molecule has 4 heterocycles. The maximum Gasteiger partial charge on any atom is 0.276 e. The van der Waals surface area contributed by atoms with Crippen LogP contribution in [0.1, 0.15) is 16.3 Å². The Balaban J connectivity index is 1.25. The molecule has 0 radical (unpaired) electrons. The van der Waals surface area contributed by atoms with E-state index in [1.165, 1.54) is 11.0 Å². The van der Waals surface area contributed by atoms with E-state index in [0.717, 1.165) is 23.1 Å². The van der Waals surface area contributed by atoms with Crippen molar-refractivity contribution in [1.82, 2.24) is 39.4 Å². The summed E-state index contributed by atoms with van der Waals surface area (Å²) in [6.07, 6.45) is 6.70. The lowest BCUT2D eigenvalue weighted by Crippen LogP contribution is -2.49. The number of piperazine rings is 1. The normalized spacial score (nSPS) is 14.1. The molecule has 1 aliphatic heterocycles. The van der Waals surface area contributed by atoms with Gasteiger partial charge in [0.25, 0.3) is 5.91 Å². The molecule has 31 heavy (non-hydrogen) atoms. The number of hydrogen-bond acceptors (Lipinski definition) is 7. The predicted octanol–water partition coefficient (Wildman–Crippen LogP) is 1.51. The Morgan fingerprint density at radius 3 is 2.48 bits per heavy atom. The molecule has 156 valence electrons. The summed E-state index contributed by atoms with van der Waals surface area (Å²) in [4.78, 5) is 31.3. The van der Waals surface area contributed by atoms with E-state index in [2.05, 4.69) is 30.0 Å². The summed E-state index contributed by atoms with van der Waals surface area (Å²) < 4.78 is 1.92. The third-order valence-corrected chi connectivity index (χ3v) is 5.30. The average Bonchev–Trinajstić information content (AvgIpc) is 3.49. The smallest absolute Gasteiger partial charge is 0.276 e. The van der Waals surface area contributed by atoms with Gasteiger partial charge in [-0.3, -0.25) is 9.36 Å². The third kappa shape index (κ3) is 3.75. The fourth-order valence-corrected chi connectivity index (χ4v) is 3.61. The first-order valence-corrected chi connectivity index (χ1v) is 10.0. The van der Waals surface area contributed by atoms with Crippen molar-refractivity contribution in [2.75, 3.05) is 31.1 Å². The van der Waals surface area contributed by atoms with Crippen LogP contribution in [0.25, 0.3) is 11.5 Å². The van der Waals surface area contributed by atoms with Crippen LogP contribution in [0.4, 0.5) is 5.82 Å². The fourth-order valence-electron chi connectivity index (χ4n) is 3.61. The van der Waals surface area contributed by atoms with Crippen LogP contribution in [0.2, 0.25) is 0 Å². The van der Waals surface area contributed by atoms with Gasteiger partial charge in [-0.25, -0.2) is 15.0 Å². The van der Waals surface area contributed by atoms with Crippen molar-refractivity contribution in [3.05, 3.63) is 72.8 Å². The molecule has 1 aromatic carbocycles. The number of amides is 1. The second kappa shape index (κ2) is 7.98. The van der Waals surface area contributed by atoms with Crippen molar-refractivity contribution in [1.29, 1.82) is 0 Å². The Morgan fingerprint density at radius 2 is 1.74 bits per heavy atom. The Labute approximate surface area is 178 Å². The van der Waals surface area contributed by atoms with Crippen LogP contribution in [-0.4, -0.2) is 71.5 Å². The number of para-hydroxylation sites is 1. The Morgan fingerprint density at radius 1 is 0.968 bits per heavy atom. The zero-order chi connectivity index (χ0) is 21.2. The van der Waals surface area contributed by atoms with Crippen molar-refractivity contribution in [2.24, 2.45) is 0 Å². The summed E-state index contributed by atoms with van der Waals surface area (Å²) >= 11 is 0. The lowest BCUT2D eigenvalue weighted by atomic mass is 10.3. The minimum absolute atomic E-state index is 0.112. The monoisotopic (exact) mass is 415 g/mol. The van der Waals surface area contributed by atoms with Gasteiger partial charge in [0.2, 0.25) is 0 Å². The quantitative estimate of drug-likeness (QED) is 0.498. The fraction of sp³-hybridized carbons (Fsp3) is 0.238. The number of benzene rings is 1. The predicted molar refractivity (Wildman–Crippen MR) is 113 cm³/mol. The van der Waals surface area contributed by atoms with Crippen LogP contribution in [0.3, 0.4) is 0 Å². The summed E-state index contributed by atoms with van der Waals surface area (Å²) in [6, 6.07) is 11.5. The highest BCUT2D eigenvalue weighted by atomic mass is 16.2. The number of aromatic nitrogens is 7. The largest absolute Gasteiger partial charge is 0.353 e. The third-order valence-electron chi connectivity index (χ3n) is 5.30. The standard InChI is InChI=1S/C21H21N9O/c1-16-22-7-8-29(16)20-13-19(23-15-24-20)27-9-11-28(12-10-27)21(31)18-14-25-30(26-18)17-5-3-2-4-6-17/h2-8,13-15H,9-12H2,1H3. The molecule has 4 aromatic rings. The number of hydrogen-bond donors (Lipinski definition) is 0. The maximum atomic E-state index is 12.9. The average molecular weight is 415 g/mol. The number of aryl methyl sites for hydroxylation is 1. The van der Waals surface area contributed by atoms with Gasteiger partial charge in [-0.05, 0) is 19.1 Å². The minimum atomic E-state index is -0.112. The van der Waals surface area contributed by atoms with Crippen molar-refractivity contribution in [3.63, 3.8) is 0 Å². The summed E-state index contributed by atoms with van der Waals surface area (Å²) in [5, 5.41) is 8.58. The molecule has 3 aromatic heterocycles. The zero-order valence-electron chi connectivity index (χ0n) is 17.0. The highest BCUT2D eigenvalue weighted by Crippen LogP contribution is 2.17. The van der Waals surface area contributed by atoms with Gasteiger partial charge in [-0.2, -0.15) is 9.90 Å². The topological polar surface area (TPSA) is 97.9 Å². The molecular formula is C21H21N9O. The Kier molecular flexibility index (Phi) is 4.87. The van der Waals surface area contributed by atoms with E-state index in [9.17, 15) is 4.79 Å². The van der Waals surface area contributed by atoms with Gasteiger partial charge in [0.1, 0.15) is 23.8 Å². The molecule has 5 rings (SSSR count). The lowest BCUT2D eigenvalue weighted by molar-refractivity contribution is 0.0740. The van der Waals surface area contributed by atoms with Gasteiger partial charge < -0.3 is 9.80 Å². The van der Waals surface area contributed by atoms with Gasteiger partial charge in [-0.15, -0.1) is 5.10 Å². The van der Waals surface area contributed by atoms with Crippen molar-refractivity contribution >= 4 is 11.7 Å². The van der Waals surface area contributed by atoms with E-state index >= 15 is 0 Å². The lowest BCUT2D eigenvalue weighted by Gasteiger charge is -2.35. The molecule has 0 atom stereocenters. The summed E-state index contributed by atoms with van der Waals surface area (Å²) in [7, 11) is 0. The zero-order valence-corrected chi connectivity index (χ0v) is 17.0. The van der Waals surface area contributed by atoms with E-state index in [4.69, 9.17) is 0 Å². The van der Waals surface area contributed by atoms with E-state index in [1.54, 1.807) is 17.4 Å². The van der Waals surface area contributed by atoms with Gasteiger partial charge >= 0.3 is 0 Å². The molecule has 0 N–H and O–H groups in total. The number of carbonyl (C=O) groups excluding carboxylic acids is 1. The molecule has 1 saturated heterocycles. The molecule has 1 fully saturated rings. The van der Waals surface area contributed by atoms with Crippen molar-refractivity contribution < 1.29 is 4.79 Å². The summed E-state index contributed by atoms with van der Waals surface area (Å²) in [5.41, 5.74) is 1.16. The molecule has 10 nitrogen and oxygen atoms in total. The van der Waals surface area contributed by atoms with Crippen LogP contribution in [0.5, 0.6) is 0 Å². The number of rotatable bonds is 4. The Bertz CT molecular complexity index is 1190. The van der Waals surface area contributed by atoms with Crippen LogP contribution in [0.15, 0.2) is 61.3 Å². The molecule has 0 saturated carbocycles. The molecule has 10 heteroatoms. The molecule has 1 aliphatic rings. The molecule has 0 unspecified atom stereocenters. The molecule has 1 amide bonds. The molecular weight excluding hydrogens is 394 g/mol. The van der Waals surface area contributed by atoms with Gasteiger partial charge in [0.15, 0.2) is 5.69 Å². The van der Waals surface area contributed by atoms with Crippen molar-refractivity contribution in [2.45, 2.75) is 6.92 Å². The summed E-state index contributed by atoms with van der Waals surface area (Å²) in [5.74, 6) is 2.36. The van der Waals surface area contributed by atoms with E-state index in [0.29, 0.717) is 31.9 Å². The van der Waals surface area contributed by atoms with Crippen LogP contribution in [0, 0.1) is 6.92 Å². The second-order valence-corrected chi connectivity index (χ2v) is 7.21. The molecule has 0 bridgehead atoms. The maximum absolute atomic E-state index is 12.9. The minimum Gasteiger partial charge on any atom is -0.353 e. The Hall–Kier alpha value is -4.08. The molecule has 0 aliphatic carbocycles. The van der Waals surface area contributed by atoms with Crippen LogP contribution >= 0.6 is 0 Å². The van der Waals surface area contributed by atoms with Crippen molar-refractivity contribution in [3.8, 4) is 11.5 Å². The van der Waals surface area contributed by atoms with E-state index in [-0.39, 0.29) is 5.91 Å². The van der Waals surface area contributed by atoms with E-state index < -0.39 is 0 Å². The van der Waals surface area contributed by atoms with E-state index in [1.807, 2.05) is 54.1 Å².